The summed E-state index contributed by atoms with van der Waals surface area (Å²) in [4.78, 5) is 11.9. The number of ether oxygens (including phenoxy) is 4. The largest absolute Gasteiger partial charge is 0.507 e. The summed E-state index contributed by atoms with van der Waals surface area (Å²) < 4.78 is 22.4. The van der Waals surface area contributed by atoms with Gasteiger partial charge in [-0.15, -0.1) is 0 Å². The van der Waals surface area contributed by atoms with Crippen LogP contribution >= 0.6 is 0 Å². The maximum Gasteiger partial charge on any atom is 0.341 e. The molecule has 1 unspecified atom stereocenters. The van der Waals surface area contributed by atoms with Crippen LogP contribution in [-0.2, 0) is 19.6 Å². The van der Waals surface area contributed by atoms with E-state index in [4.69, 9.17) is 18.9 Å². The minimum absolute atomic E-state index is 0.0889. The topological polar surface area (TPSA) is 74.2 Å². The summed E-state index contributed by atoms with van der Waals surface area (Å²) in [5.41, 5.74) is 3.36. The number of carbonyl (C=O) groups is 1. The molecule has 0 amide bonds. The normalized spacial score (nSPS) is 26.4. The van der Waals surface area contributed by atoms with Gasteiger partial charge < -0.3 is 24.1 Å². The molecule has 6 heteroatoms. The SMILES string of the molecule is CCOC(OC)Oc1cc2ccc(-c3ccc(C(=O)OC)c(O)c3)cc2cc1C12CC3CC(CC(C3)C1)C2. The molecule has 4 saturated carbocycles. The van der Waals surface area contributed by atoms with E-state index >= 15 is 0 Å². The molecule has 0 heterocycles. The number of aromatic hydroxyl groups is 1. The number of phenolic OH excluding ortho intramolecular Hbond substituents is 1. The maximum atomic E-state index is 11.9. The minimum Gasteiger partial charge on any atom is -0.507 e. The number of rotatable bonds is 8. The predicted molar refractivity (Wildman–Crippen MR) is 145 cm³/mol. The van der Waals surface area contributed by atoms with E-state index in [-0.39, 0.29) is 16.7 Å². The van der Waals surface area contributed by atoms with Crippen molar-refractivity contribution in [2.24, 2.45) is 17.8 Å². The first-order valence-electron chi connectivity index (χ1n) is 13.7. The molecule has 4 bridgehead atoms. The van der Waals surface area contributed by atoms with Gasteiger partial charge in [0.15, 0.2) is 0 Å². The van der Waals surface area contributed by atoms with Crippen LogP contribution in [0, 0.1) is 17.8 Å². The summed E-state index contributed by atoms with van der Waals surface area (Å²) in [7, 11) is 2.92. The summed E-state index contributed by atoms with van der Waals surface area (Å²) in [5.74, 6) is 2.62. The summed E-state index contributed by atoms with van der Waals surface area (Å²) in [5, 5.41) is 12.6. The second kappa shape index (κ2) is 9.90. The molecule has 0 aromatic heterocycles. The Kier molecular flexibility index (Phi) is 6.57. The van der Waals surface area contributed by atoms with Crippen molar-refractivity contribution in [1.82, 2.24) is 0 Å². The highest BCUT2D eigenvalue weighted by molar-refractivity contribution is 5.94. The zero-order valence-electron chi connectivity index (χ0n) is 22.4. The van der Waals surface area contributed by atoms with Crippen LogP contribution in [0.2, 0.25) is 0 Å². The lowest BCUT2D eigenvalue weighted by Gasteiger charge is -2.57. The van der Waals surface area contributed by atoms with Crippen LogP contribution in [0.4, 0.5) is 0 Å². The molecule has 1 atom stereocenters. The van der Waals surface area contributed by atoms with E-state index in [1.165, 1.54) is 51.2 Å². The van der Waals surface area contributed by atoms with Crippen LogP contribution in [0.1, 0.15) is 61.4 Å². The highest BCUT2D eigenvalue weighted by atomic mass is 16.8. The fourth-order valence-electron chi connectivity index (χ4n) is 7.79. The highest BCUT2D eigenvalue weighted by Gasteiger charge is 2.52. The van der Waals surface area contributed by atoms with Gasteiger partial charge in [-0.25, -0.2) is 4.79 Å². The Labute approximate surface area is 223 Å². The standard InChI is InChI=1S/C32H36O6/c1-4-37-31(36-3)38-29-15-24-6-5-22(23-7-8-26(28(33)14-23)30(34)35-2)12-25(24)13-27(29)32-16-19-9-20(17-32)11-21(10-19)18-32/h5-8,12-15,19-21,31,33H,4,9-11,16-18H2,1-3H3. The Morgan fingerprint density at radius 2 is 1.58 bits per heavy atom. The first-order chi connectivity index (χ1) is 18.4. The number of fused-ring (bicyclic) bond motifs is 1. The Bertz CT molecular complexity index is 1330. The average molecular weight is 517 g/mol. The van der Waals surface area contributed by atoms with Gasteiger partial charge in [0, 0.05) is 12.7 Å². The van der Waals surface area contributed by atoms with Crippen molar-refractivity contribution in [3.05, 3.63) is 59.7 Å². The molecule has 1 N–H and O–H groups in total. The lowest BCUT2D eigenvalue weighted by molar-refractivity contribution is -0.231. The van der Waals surface area contributed by atoms with Crippen LogP contribution in [0.3, 0.4) is 0 Å². The molecule has 4 fully saturated rings. The van der Waals surface area contributed by atoms with E-state index < -0.39 is 12.4 Å². The predicted octanol–water partition coefficient (Wildman–Crippen LogP) is 6.81. The Hall–Kier alpha value is -3.09. The molecule has 200 valence electrons. The third-order valence-corrected chi connectivity index (χ3v) is 9.00. The number of phenols is 1. The maximum absolute atomic E-state index is 11.9. The molecule has 0 saturated heterocycles. The highest BCUT2D eigenvalue weighted by Crippen LogP contribution is 2.62. The van der Waals surface area contributed by atoms with Crippen LogP contribution < -0.4 is 4.74 Å². The molecule has 0 spiro atoms. The zero-order chi connectivity index (χ0) is 26.4. The summed E-state index contributed by atoms with van der Waals surface area (Å²) in [6, 6.07) is 15.8. The Morgan fingerprint density at radius 3 is 2.18 bits per heavy atom. The van der Waals surface area contributed by atoms with Crippen LogP contribution in [-0.4, -0.2) is 38.4 Å². The first kappa shape index (κ1) is 25.2. The number of hydrogen-bond acceptors (Lipinski definition) is 6. The molecular weight excluding hydrogens is 480 g/mol. The van der Waals surface area contributed by atoms with Crippen molar-refractivity contribution in [3.8, 4) is 22.6 Å². The van der Waals surface area contributed by atoms with Gasteiger partial charge in [-0.05, 0) is 121 Å². The fraction of sp³-hybridized carbons (Fsp3) is 0.469. The number of carbonyl (C=O) groups excluding carboxylic acids is 1. The van der Waals surface area contributed by atoms with Crippen molar-refractivity contribution in [1.29, 1.82) is 0 Å². The lowest BCUT2D eigenvalue weighted by atomic mass is 9.48. The third-order valence-electron chi connectivity index (χ3n) is 9.00. The van der Waals surface area contributed by atoms with Gasteiger partial charge in [-0.2, -0.15) is 0 Å². The van der Waals surface area contributed by atoms with E-state index in [1.54, 1.807) is 19.2 Å². The van der Waals surface area contributed by atoms with Gasteiger partial charge in [-0.3, -0.25) is 0 Å². The van der Waals surface area contributed by atoms with E-state index in [9.17, 15) is 9.90 Å². The third kappa shape index (κ3) is 4.44. The minimum atomic E-state index is -0.749. The van der Waals surface area contributed by atoms with Gasteiger partial charge in [0.1, 0.15) is 17.1 Å². The molecule has 38 heavy (non-hydrogen) atoms. The molecule has 7 rings (SSSR count). The van der Waals surface area contributed by atoms with Crippen LogP contribution in [0.5, 0.6) is 11.5 Å². The number of hydrogen-bond donors (Lipinski definition) is 1. The van der Waals surface area contributed by atoms with Crippen molar-refractivity contribution in [2.75, 3.05) is 20.8 Å². The van der Waals surface area contributed by atoms with Crippen molar-refractivity contribution < 1.29 is 28.8 Å². The molecular formula is C32H36O6. The lowest BCUT2D eigenvalue weighted by Crippen LogP contribution is -2.48. The molecule has 3 aromatic rings. The van der Waals surface area contributed by atoms with Crippen molar-refractivity contribution in [3.63, 3.8) is 0 Å². The van der Waals surface area contributed by atoms with E-state index in [0.29, 0.717) is 6.61 Å². The van der Waals surface area contributed by atoms with Crippen molar-refractivity contribution in [2.45, 2.75) is 57.3 Å². The number of esters is 1. The van der Waals surface area contributed by atoms with Gasteiger partial charge in [0.2, 0.25) is 0 Å². The van der Waals surface area contributed by atoms with E-state index in [2.05, 4.69) is 24.3 Å². The van der Waals surface area contributed by atoms with Gasteiger partial charge >= 0.3 is 12.4 Å². The van der Waals surface area contributed by atoms with Gasteiger partial charge in [-0.1, -0.05) is 18.2 Å². The van der Waals surface area contributed by atoms with Crippen LogP contribution in [0.15, 0.2) is 48.5 Å². The molecule has 6 nitrogen and oxygen atoms in total. The van der Waals surface area contributed by atoms with Crippen LogP contribution in [0.25, 0.3) is 21.9 Å². The first-order valence-corrected chi connectivity index (χ1v) is 13.7. The summed E-state index contributed by atoms with van der Waals surface area (Å²) in [6.07, 6.45) is 7.77. The zero-order valence-corrected chi connectivity index (χ0v) is 22.4. The average Bonchev–Trinajstić information content (AvgIpc) is 2.91. The van der Waals surface area contributed by atoms with E-state index in [0.717, 1.165) is 45.4 Å². The summed E-state index contributed by atoms with van der Waals surface area (Å²) in [6.45, 7) is 1.69. The fourth-order valence-corrected chi connectivity index (χ4v) is 7.79. The number of methoxy groups -OCH3 is 2. The Balaban J connectivity index is 1.44. The molecule has 4 aliphatic carbocycles. The Morgan fingerprint density at radius 1 is 0.921 bits per heavy atom. The second-order valence-electron chi connectivity index (χ2n) is 11.4. The smallest absolute Gasteiger partial charge is 0.341 e. The molecule has 0 radical (unpaired) electrons. The van der Waals surface area contributed by atoms with Gasteiger partial charge in [0.25, 0.3) is 0 Å². The van der Waals surface area contributed by atoms with Gasteiger partial charge in [0.05, 0.1) is 13.7 Å². The monoisotopic (exact) mass is 516 g/mol. The summed E-state index contributed by atoms with van der Waals surface area (Å²) >= 11 is 0. The quantitative estimate of drug-likeness (QED) is 0.262. The number of benzene rings is 3. The molecule has 0 aliphatic heterocycles. The molecule has 3 aromatic carbocycles. The van der Waals surface area contributed by atoms with E-state index in [1.807, 2.05) is 19.1 Å². The second-order valence-corrected chi connectivity index (χ2v) is 11.4. The molecule has 4 aliphatic rings. The van der Waals surface area contributed by atoms with Crippen molar-refractivity contribution >= 4 is 16.7 Å².